The van der Waals surface area contributed by atoms with Crippen LogP contribution in [-0.4, -0.2) is 34.0 Å². The predicted octanol–water partition coefficient (Wildman–Crippen LogP) is 2.56. The molecule has 2 fully saturated rings. The lowest BCUT2D eigenvalue weighted by Crippen LogP contribution is -2.48. The summed E-state index contributed by atoms with van der Waals surface area (Å²) in [5.41, 5.74) is -0.798. The Morgan fingerprint density at radius 3 is 2.77 bits per heavy atom. The Labute approximate surface area is 130 Å². The Kier molecular flexibility index (Phi) is 4.14. The molecule has 0 unspecified atom stereocenters. The zero-order valence-electron chi connectivity index (χ0n) is 13.0. The van der Waals surface area contributed by atoms with Crippen LogP contribution in [0.5, 0.6) is 0 Å². The number of rotatable bonds is 2. The highest BCUT2D eigenvalue weighted by atomic mass is 16.5. The van der Waals surface area contributed by atoms with Crippen molar-refractivity contribution in [2.75, 3.05) is 13.1 Å². The second-order valence-electron chi connectivity index (χ2n) is 6.52. The summed E-state index contributed by atoms with van der Waals surface area (Å²) in [4.78, 5) is 19.1. The fraction of sp³-hybridized carbons (Fsp3) is 0.750. The summed E-state index contributed by atoms with van der Waals surface area (Å²) in [5.74, 6) is 1.37. The van der Waals surface area contributed by atoms with Gasteiger partial charge in [0.1, 0.15) is 5.41 Å². The molecule has 2 aliphatic rings. The summed E-state index contributed by atoms with van der Waals surface area (Å²) in [7, 11) is 0. The van der Waals surface area contributed by atoms with Gasteiger partial charge in [0, 0.05) is 25.9 Å². The van der Waals surface area contributed by atoms with Crippen molar-refractivity contribution in [1.82, 2.24) is 15.0 Å². The summed E-state index contributed by atoms with van der Waals surface area (Å²) in [6, 6.07) is 2.33. The van der Waals surface area contributed by atoms with E-state index in [4.69, 9.17) is 4.52 Å². The number of nitrogens with zero attached hydrogens (tertiary/aromatic N) is 4. The molecule has 3 rings (SSSR count). The van der Waals surface area contributed by atoms with E-state index in [1.54, 1.807) is 6.92 Å². The molecule has 118 valence electrons. The first-order valence-corrected chi connectivity index (χ1v) is 8.15. The monoisotopic (exact) mass is 302 g/mol. The van der Waals surface area contributed by atoms with Crippen molar-refractivity contribution >= 4 is 5.91 Å². The average Bonchev–Trinajstić information content (AvgIpc) is 3.01. The molecule has 0 bridgehead atoms. The third kappa shape index (κ3) is 2.72. The van der Waals surface area contributed by atoms with Gasteiger partial charge in [-0.3, -0.25) is 4.79 Å². The predicted molar refractivity (Wildman–Crippen MR) is 78.7 cm³/mol. The third-order valence-corrected chi connectivity index (χ3v) is 4.95. The molecule has 1 saturated carbocycles. The number of amides is 1. The highest BCUT2D eigenvalue weighted by Crippen LogP contribution is 2.38. The van der Waals surface area contributed by atoms with Crippen LogP contribution in [0.4, 0.5) is 0 Å². The molecule has 6 nitrogen and oxygen atoms in total. The maximum atomic E-state index is 12.9. The van der Waals surface area contributed by atoms with Gasteiger partial charge in [-0.05, 0) is 25.7 Å². The molecule has 1 atom stereocenters. The minimum atomic E-state index is -0.798. The van der Waals surface area contributed by atoms with Gasteiger partial charge in [-0.2, -0.15) is 10.2 Å². The van der Waals surface area contributed by atoms with Crippen LogP contribution in [0.1, 0.15) is 62.6 Å². The van der Waals surface area contributed by atoms with Crippen molar-refractivity contribution < 1.29 is 9.32 Å². The second-order valence-corrected chi connectivity index (χ2v) is 6.52. The fourth-order valence-corrected chi connectivity index (χ4v) is 3.68. The lowest BCUT2D eigenvalue weighted by Gasteiger charge is -2.38. The highest BCUT2D eigenvalue weighted by Gasteiger charge is 2.43. The van der Waals surface area contributed by atoms with E-state index in [0.29, 0.717) is 31.1 Å². The molecule has 6 heteroatoms. The van der Waals surface area contributed by atoms with Gasteiger partial charge >= 0.3 is 0 Å². The smallest absolute Gasteiger partial charge is 0.243 e. The van der Waals surface area contributed by atoms with Gasteiger partial charge in [0.05, 0.1) is 6.07 Å². The van der Waals surface area contributed by atoms with Crippen molar-refractivity contribution in [2.24, 2.45) is 5.41 Å². The Morgan fingerprint density at radius 2 is 2.14 bits per heavy atom. The average molecular weight is 302 g/mol. The number of carbonyl (C=O) groups excluding carboxylic acids is 1. The van der Waals surface area contributed by atoms with E-state index in [-0.39, 0.29) is 11.8 Å². The molecule has 1 amide bonds. The Hall–Kier alpha value is -1.90. The molecular weight excluding hydrogens is 280 g/mol. The zero-order valence-corrected chi connectivity index (χ0v) is 13.0. The molecule has 1 saturated heterocycles. The van der Waals surface area contributed by atoms with Crippen molar-refractivity contribution in [2.45, 2.75) is 57.8 Å². The SMILES string of the molecule is Cc1nc([C@H]2CCCN(C(=O)C3(C#N)CCCCC3)C2)no1. The van der Waals surface area contributed by atoms with Crippen LogP contribution >= 0.6 is 0 Å². The van der Waals surface area contributed by atoms with Gasteiger partial charge in [-0.25, -0.2) is 0 Å². The van der Waals surface area contributed by atoms with Gasteiger partial charge < -0.3 is 9.42 Å². The van der Waals surface area contributed by atoms with Crippen LogP contribution in [0, 0.1) is 23.7 Å². The van der Waals surface area contributed by atoms with E-state index in [1.165, 1.54) is 0 Å². The van der Waals surface area contributed by atoms with E-state index < -0.39 is 5.41 Å². The summed E-state index contributed by atoms with van der Waals surface area (Å²) in [6.45, 7) is 3.10. The van der Waals surface area contributed by atoms with Gasteiger partial charge in [-0.1, -0.05) is 24.4 Å². The molecule has 1 aromatic heterocycles. The first-order valence-electron chi connectivity index (χ1n) is 8.15. The van der Waals surface area contributed by atoms with Crippen molar-refractivity contribution in [3.8, 4) is 6.07 Å². The van der Waals surface area contributed by atoms with Crippen molar-refractivity contribution in [1.29, 1.82) is 5.26 Å². The first kappa shape index (κ1) is 15.0. The van der Waals surface area contributed by atoms with Crippen LogP contribution in [0.3, 0.4) is 0 Å². The highest BCUT2D eigenvalue weighted by molar-refractivity contribution is 5.85. The topological polar surface area (TPSA) is 83.0 Å². The number of aryl methyl sites for hydroxylation is 1. The van der Waals surface area contributed by atoms with E-state index in [2.05, 4.69) is 16.2 Å². The van der Waals surface area contributed by atoms with Gasteiger partial charge in [0.15, 0.2) is 5.82 Å². The van der Waals surface area contributed by atoms with E-state index in [1.807, 2.05) is 4.90 Å². The fourth-order valence-electron chi connectivity index (χ4n) is 3.68. The minimum Gasteiger partial charge on any atom is -0.341 e. The van der Waals surface area contributed by atoms with Crippen LogP contribution in [-0.2, 0) is 4.79 Å². The number of aromatic nitrogens is 2. The number of carbonyl (C=O) groups is 1. The molecule has 1 aliphatic heterocycles. The molecule has 0 aromatic carbocycles. The minimum absolute atomic E-state index is 0.0135. The molecule has 22 heavy (non-hydrogen) atoms. The zero-order chi connectivity index (χ0) is 15.6. The summed E-state index contributed by atoms with van der Waals surface area (Å²) < 4.78 is 5.05. The van der Waals surface area contributed by atoms with E-state index >= 15 is 0 Å². The summed E-state index contributed by atoms with van der Waals surface area (Å²) in [5, 5.41) is 13.6. The Morgan fingerprint density at radius 1 is 1.36 bits per heavy atom. The van der Waals surface area contributed by atoms with Gasteiger partial charge in [-0.15, -0.1) is 0 Å². The summed E-state index contributed by atoms with van der Waals surface area (Å²) >= 11 is 0. The lowest BCUT2D eigenvalue weighted by molar-refractivity contribution is -0.141. The van der Waals surface area contributed by atoms with Crippen LogP contribution < -0.4 is 0 Å². The summed E-state index contributed by atoms with van der Waals surface area (Å²) in [6.07, 6.45) is 6.35. The number of hydrogen-bond acceptors (Lipinski definition) is 5. The molecule has 1 aromatic rings. The largest absolute Gasteiger partial charge is 0.341 e. The molecule has 2 heterocycles. The molecule has 1 aliphatic carbocycles. The first-order chi connectivity index (χ1) is 10.6. The second kappa shape index (κ2) is 6.07. The number of hydrogen-bond donors (Lipinski definition) is 0. The number of nitriles is 1. The van der Waals surface area contributed by atoms with Gasteiger partial charge in [0.25, 0.3) is 0 Å². The molecule has 0 radical (unpaired) electrons. The quantitative estimate of drug-likeness (QED) is 0.838. The third-order valence-electron chi connectivity index (χ3n) is 4.95. The maximum Gasteiger partial charge on any atom is 0.243 e. The normalized spacial score (nSPS) is 24.7. The van der Waals surface area contributed by atoms with Crippen LogP contribution in [0.2, 0.25) is 0 Å². The van der Waals surface area contributed by atoms with Crippen molar-refractivity contribution in [3.05, 3.63) is 11.7 Å². The number of piperidine rings is 1. The Bertz CT molecular complexity index is 583. The van der Waals surface area contributed by atoms with E-state index in [9.17, 15) is 10.1 Å². The molecule has 0 spiro atoms. The molecular formula is C16H22N4O2. The number of likely N-dealkylation sites (tertiary alicyclic amines) is 1. The van der Waals surface area contributed by atoms with Crippen LogP contribution in [0.15, 0.2) is 4.52 Å². The Balaban J connectivity index is 1.74. The standard InChI is InChI=1S/C16H22N4O2/c1-12-18-14(19-22-12)13-6-5-9-20(10-13)15(21)16(11-17)7-3-2-4-8-16/h13H,2-10H2,1H3/t13-/m0/s1. The van der Waals surface area contributed by atoms with E-state index in [0.717, 1.165) is 38.6 Å². The van der Waals surface area contributed by atoms with Gasteiger partial charge in [0.2, 0.25) is 11.8 Å². The molecule has 0 N–H and O–H groups in total. The van der Waals surface area contributed by atoms with Crippen LogP contribution in [0.25, 0.3) is 0 Å². The lowest BCUT2D eigenvalue weighted by atomic mass is 9.74. The maximum absolute atomic E-state index is 12.9. The van der Waals surface area contributed by atoms with Crippen molar-refractivity contribution in [3.63, 3.8) is 0 Å².